The van der Waals surface area contributed by atoms with Crippen LogP contribution in [0.3, 0.4) is 0 Å². The number of fused-ring (bicyclic) bond motifs is 10. The van der Waals surface area contributed by atoms with E-state index < -0.39 is 14.2 Å². The van der Waals surface area contributed by atoms with Crippen LogP contribution in [0.2, 0.25) is 0 Å². The zero-order chi connectivity index (χ0) is 27.4. The first-order valence-electron chi connectivity index (χ1n) is 12.9. The first kappa shape index (κ1) is 27.4. The van der Waals surface area contributed by atoms with E-state index in [-0.39, 0.29) is 4.70 Å². The van der Waals surface area contributed by atoms with Crippen molar-refractivity contribution in [3.8, 4) is 0 Å². The summed E-state index contributed by atoms with van der Waals surface area (Å²) in [6.45, 7) is 0. The van der Waals surface area contributed by atoms with Gasteiger partial charge in [-0.05, 0) is 43.9 Å². The Morgan fingerprint density at radius 1 is 0.415 bits per heavy atom. The molecule has 0 atom stereocenters. The van der Waals surface area contributed by atoms with E-state index in [0.717, 1.165) is 20.2 Å². The van der Waals surface area contributed by atoms with E-state index in [0.29, 0.717) is 10.9 Å². The smallest absolute Gasteiger partial charge is 0.423 e. The lowest BCUT2D eigenvalue weighted by atomic mass is 9.80. The Bertz CT molecular complexity index is 2210. The maximum Gasteiger partial charge on any atom is 0.489 e. The van der Waals surface area contributed by atoms with Gasteiger partial charge in [-0.15, -0.1) is 22.7 Å². The fourth-order valence-corrected chi connectivity index (χ4v) is 8.18. The minimum atomic E-state index is -1.45. The van der Waals surface area contributed by atoms with Crippen LogP contribution in [0.25, 0.3) is 61.9 Å². The largest absolute Gasteiger partial charge is 0.489 e. The predicted molar refractivity (Wildman–Crippen MR) is 176 cm³/mol. The molecule has 0 aliphatic carbocycles. The maximum atomic E-state index is 9.69. The third-order valence-corrected chi connectivity index (χ3v) is 9.92. The summed E-state index contributed by atoms with van der Waals surface area (Å²) >= 11 is 3.24. The Hall–Kier alpha value is -3.82. The molecule has 6 aromatic carbocycles. The molecule has 0 saturated carbocycles. The molecule has 2 heterocycles. The highest BCUT2D eigenvalue weighted by Gasteiger charge is 2.19. The summed E-state index contributed by atoms with van der Waals surface area (Å²) in [5, 5.41) is 47.4. The van der Waals surface area contributed by atoms with E-state index in [1.807, 2.05) is 36.4 Å². The van der Waals surface area contributed by atoms with Gasteiger partial charge in [0.05, 0.1) is 0 Å². The number of hydrogen-bond acceptors (Lipinski definition) is 6. The molecule has 0 aliphatic rings. The molecule has 0 spiro atoms. The highest BCUT2D eigenvalue weighted by Crippen LogP contribution is 2.40. The molecule has 2 aromatic heterocycles. The number of hydrogen-bond donors (Lipinski definition) is 4. The van der Waals surface area contributed by atoms with Gasteiger partial charge < -0.3 is 20.1 Å². The maximum absolute atomic E-state index is 9.69. The molecule has 9 heteroatoms. The lowest BCUT2D eigenvalue weighted by Crippen LogP contribution is -2.29. The van der Waals surface area contributed by atoms with Crippen LogP contribution in [0.1, 0.15) is 0 Å². The monoisotopic (exact) mass is 576 g/mol. The highest BCUT2D eigenvalue weighted by atomic mass is 32.1. The molecule has 0 aliphatic heterocycles. The molecule has 0 unspecified atom stereocenters. The minimum Gasteiger partial charge on any atom is -0.423 e. The van der Waals surface area contributed by atoms with Crippen LogP contribution in [-0.2, 0) is 0 Å². The summed E-state index contributed by atoms with van der Waals surface area (Å²) < 4.78 is 4.28. The number of rotatable bonds is 2. The van der Waals surface area contributed by atoms with Crippen molar-refractivity contribution in [2.75, 3.05) is 0 Å². The van der Waals surface area contributed by atoms with Crippen molar-refractivity contribution in [3.05, 3.63) is 109 Å². The second-order valence-electron chi connectivity index (χ2n) is 9.72. The molecule has 0 bridgehead atoms. The highest BCUT2D eigenvalue weighted by molar-refractivity contribution is 7.28. The fraction of sp³-hybridized carbons (Fsp3) is 0. The van der Waals surface area contributed by atoms with Crippen molar-refractivity contribution in [2.24, 2.45) is 0 Å². The van der Waals surface area contributed by atoms with Crippen LogP contribution in [0, 0.1) is 0 Å². The van der Waals surface area contributed by atoms with Gasteiger partial charge >= 0.3 is 14.2 Å². The molecular formula is C32H23B2FO4S2. The first-order valence-corrected chi connectivity index (χ1v) is 14.5. The summed E-state index contributed by atoms with van der Waals surface area (Å²) in [6, 6.07) is 36.4. The molecular weight excluding hydrogens is 553 g/mol. The van der Waals surface area contributed by atoms with Gasteiger partial charge in [0.2, 0.25) is 0 Å². The van der Waals surface area contributed by atoms with Crippen LogP contribution in [0.15, 0.2) is 109 Å². The van der Waals surface area contributed by atoms with Gasteiger partial charge in [-0.25, -0.2) is 0 Å². The Kier molecular flexibility index (Phi) is 7.25. The number of thiophene rings is 2. The molecule has 8 aromatic rings. The molecule has 8 rings (SSSR count). The number of benzene rings is 6. The summed E-state index contributed by atoms with van der Waals surface area (Å²) in [7, 11) is -2.86. The molecule has 4 nitrogen and oxygen atoms in total. The molecule has 41 heavy (non-hydrogen) atoms. The van der Waals surface area contributed by atoms with Gasteiger partial charge in [-0.3, -0.25) is 4.70 Å². The normalized spacial score (nSPS) is 11.2. The van der Waals surface area contributed by atoms with Crippen molar-refractivity contribution < 1.29 is 24.8 Å². The van der Waals surface area contributed by atoms with E-state index in [2.05, 4.69) is 60.7 Å². The minimum absolute atomic E-state index is 0. The predicted octanol–water partition coefficient (Wildman–Crippen LogP) is 5.93. The Balaban J connectivity index is 0.000000156. The van der Waals surface area contributed by atoms with Gasteiger partial charge in [-0.1, -0.05) is 103 Å². The van der Waals surface area contributed by atoms with E-state index in [1.54, 1.807) is 34.8 Å². The molecule has 0 fully saturated rings. The van der Waals surface area contributed by atoms with E-state index in [9.17, 15) is 20.1 Å². The zero-order valence-electron chi connectivity index (χ0n) is 21.6. The average Bonchev–Trinajstić information content (AvgIpc) is 3.55. The van der Waals surface area contributed by atoms with E-state index in [4.69, 9.17) is 0 Å². The summed E-state index contributed by atoms with van der Waals surface area (Å²) in [5.41, 5.74) is 1.15. The average molecular weight is 576 g/mol. The van der Waals surface area contributed by atoms with E-state index >= 15 is 0 Å². The van der Waals surface area contributed by atoms with E-state index in [1.165, 1.54) is 41.7 Å². The first-order chi connectivity index (χ1) is 19.5. The Morgan fingerprint density at radius 3 is 1.63 bits per heavy atom. The van der Waals surface area contributed by atoms with Crippen LogP contribution in [-0.4, -0.2) is 34.3 Å². The second-order valence-corrected chi connectivity index (χ2v) is 11.8. The molecule has 0 saturated heterocycles. The van der Waals surface area contributed by atoms with Crippen molar-refractivity contribution in [1.29, 1.82) is 0 Å². The van der Waals surface area contributed by atoms with Crippen molar-refractivity contribution >= 4 is 110 Å². The van der Waals surface area contributed by atoms with Gasteiger partial charge in [-0.2, -0.15) is 0 Å². The molecule has 0 amide bonds. The lowest BCUT2D eigenvalue weighted by Gasteiger charge is -2.05. The van der Waals surface area contributed by atoms with Crippen LogP contribution in [0.5, 0.6) is 0 Å². The van der Waals surface area contributed by atoms with Gasteiger partial charge in [0.15, 0.2) is 0 Å². The van der Waals surface area contributed by atoms with Crippen LogP contribution >= 0.6 is 22.7 Å². The SMILES string of the molecule is F.OB(O)c1cccc2c1sc1c2ccc2ccc3ccccc3c21.OB(O)c1cccc2c1sc1ccccc12. The third-order valence-electron chi connectivity index (χ3n) is 7.39. The summed E-state index contributed by atoms with van der Waals surface area (Å²) in [5.74, 6) is 0. The van der Waals surface area contributed by atoms with Crippen LogP contribution < -0.4 is 10.9 Å². The topological polar surface area (TPSA) is 80.9 Å². The number of halogens is 1. The molecule has 200 valence electrons. The van der Waals surface area contributed by atoms with Gasteiger partial charge in [0, 0.05) is 35.0 Å². The van der Waals surface area contributed by atoms with Crippen molar-refractivity contribution in [2.45, 2.75) is 0 Å². The van der Waals surface area contributed by atoms with Gasteiger partial charge in [0.25, 0.3) is 0 Å². The molecule has 0 radical (unpaired) electrons. The quantitative estimate of drug-likeness (QED) is 0.152. The molecule has 4 N–H and O–H groups in total. The third kappa shape index (κ3) is 4.57. The summed E-state index contributed by atoms with van der Waals surface area (Å²) in [6.07, 6.45) is 0. The van der Waals surface area contributed by atoms with Crippen LogP contribution in [0.4, 0.5) is 4.70 Å². The van der Waals surface area contributed by atoms with Gasteiger partial charge in [0.1, 0.15) is 0 Å². The lowest BCUT2D eigenvalue weighted by molar-refractivity contribution is 0.425. The Labute approximate surface area is 243 Å². The standard InChI is InChI=1S/C20H13BO2S.C12H9BO2S.FH/c22-21(23)17-7-3-6-15-16-11-10-13-9-8-12-4-1-2-5-14(12)18(13)20(16)24-19(15)17;14-13(15)10-6-3-5-9-8-4-1-2-7-11(8)16-12(9)10;/h1-11,22-23H;1-7,14-15H;1H. The van der Waals surface area contributed by atoms with Crippen molar-refractivity contribution in [1.82, 2.24) is 0 Å². The fourth-order valence-electron chi connectivity index (χ4n) is 5.54. The Morgan fingerprint density at radius 2 is 0.927 bits per heavy atom. The van der Waals surface area contributed by atoms with Crippen molar-refractivity contribution in [3.63, 3.8) is 0 Å². The zero-order valence-corrected chi connectivity index (χ0v) is 23.2. The second kappa shape index (κ2) is 10.9. The summed E-state index contributed by atoms with van der Waals surface area (Å²) in [4.78, 5) is 0.